The lowest BCUT2D eigenvalue weighted by atomic mass is 10.2. The van der Waals surface area contributed by atoms with Gasteiger partial charge in [0.2, 0.25) is 5.91 Å². The number of aryl methyl sites for hydroxylation is 1. The van der Waals surface area contributed by atoms with Crippen LogP contribution < -0.4 is 10.6 Å². The topological polar surface area (TPSA) is 92.2 Å². The van der Waals surface area contributed by atoms with Crippen LogP contribution in [0.2, 0.25) is 0 Å². The SMILES string of the molecule is CCCN1CC(NC(=O)Nc2cc(-c3cccnc3)nn2C)CC1=O. The maximum Gasteiger partial charge on any atom is 0.320 e. The second kappa shape index (κ2) is 7.33. The van der Waals surface area contributed by atoms with Gasteiger partial charge in [0, 0.05) is 50.6 Å². The van der Waals surface area contributed by atoms with Crippen LogP contribution in [0.4, 0.5) is 10.6 Å². The molecular weight excluding hydrogens is 320 g/mol. The highest BCUT2D eigenvalue weighted by atomic mass is 16.2. The Morgan fingerprint density at radius 3 is 3.00 bits per heavy atom. The highest BCUT2D eigenvalue weighted by Gasteiger charge is 2.30. The first-order valence-corrected chi connectivity index (χ1v) is 8.36. The smallest absolute Gasteiger partial charge is 0.320 e. The number of rotatable bonds is 5. The number of urea groups is 1. The summed E-state index contributed by atoms with van der Waals surface area (Å²) in [6, 6.07) is 5.04. The third-order valence-electron chi connectivity index (χ3n) is 4.12. The van der Waals surface area contributed by atoms with Crippen molar-refractivity contribution in [2.45, 2.75) is 25.8 Å². The molecule has 1 atom stereocenters. The summed E-state index contributed by atoms with van der Waals surface area (Å²) in [4.78, 5) is 30.0. The molecule has 0 aromatic carbocycles. The number of nitrogens with one attached hydrogen (secondary N) is 2. The molecule has 3 amide bonds. The van der Waals surface area contributed by atoms with E-state index >= 15 is 0 Å². The minimum Gasteiger partial charge on any atom is -0.341 e. The average molecular weight is 342 g/mol. The zero-order chi connectivity index (χ0) is 17.8. The standard InChI is InChI=1S/C17H22N6O2/c1-3-7-23-11-13(8-16(23)24)19-17(25)20-15-9-14(21-22(15)2)12-5-4-6-18-10-12/h4-6,9-10,13H,3,7-8,11H2,1-2H3,(H2,19,20,25). The number of anilines is 1. The van der Waals surface area contributed by atoms with Crippen LogP contribution in [0.25, 0.3) is 11.3 Å². The fourth-order valence-electron chi connectivity index (χ4n) is 2.93. The highest BCUT2D eigenvalue weighted by molar-refractivity contribution is 5.90. The Hall–Kier alpha value is -2.90. The molecule has 3 heterocycles. The molecule has 25 heavy (non-hydrogen) atoms. The number of aromatic nitrogens is 3. The van der Waals surface area contributed by atoms with Gasteiger partial charge in [0.15, 0.2) is 0 Å². The number of carbonyl (C=O) groups excluding carboxylic acids is 2. The number of pyridine rings is 1. The zero-order valence-corrected chi connectivity index (χ0v) is 14.4. The van der Waals surface area contributed by atoms with Gasteiger partial charge in [-0.25, -0.2) is 4.79 Å². The second-order valence-electron chi connectivity index (χ2n) is 6.12. The summed E-state index contributed by atoms with van der Waals surface area (Å²) in [6.45, 7) is 3.32. The van der Waals surface area contributed by atoms with Gasteiger partial charge in [0.25, 0.3) is 0 Å². The summed E-state index contributed by atoms with van der Waals surface area (Å²) in [5, 5.41) is 10.0. The van der Waals surface area contributed by atoms with Crippen molar-refractivity contribution in [3.8, 4) is 11.3 Å². The molecule has 1 fully saturated rings. The number of hydrogen-bond acceptors (Lipinski definition) is 4. The van der Waals surface area contributed by atoms with Gasteiger partial charge in [-0.15, -0.1) is 0 Å². The van der Waals surface area contributed by atoms with E-state index in [1.54, 1.807) is 35.1 Å². The van der Waals surface area contributed by atoms with Crippen molar-refractivity contribution in [1.29, 1.82) is 0 Å². The molecule has 1 aliphatic rings. The summed E-state index contributed by atoms with van der Waals surface area (Å²) < 4.78 is 1.60. The van der Waals surface area contributed by atoms with Crippen LogP contribution in [0.1, 0.15) is 19.8 Å². The van der Waals surface area contributed by atoms with Gasteiger partial charge in [-0.05, 0) is 18.6 Å². The van der Waals surface area contributed by atoms with E-state index < -0.39 is 0 Å². The van der Waals surface area contributed by atoms with E-state index in [-0.39, 0.29) is 18.0 Å². The molecular formula is C17H22N6O2. The van der Waals surface area contributed by atoms with Crippen molar-refractivity contribution in [2.24, 2.45) is 7.05 Å². The Kier molecular flexibility index (Phi) is 4.97. The molecule has 0 aliphatic carbocycles. The third-order valence-corrected chi connectivity index (χ3v) is 4.12. The molecule has 1 saturated heterocycles. The van der Waals surface area contributed by atoms with E-state index in [0.717, 1.165) is 24.2 Å². The quantitative estimate of drug-likeness (QED) is 0.863. The van der Waals surface area contributed by atoms with Gasteiger partial charge in [-0.3, -0.25) is 19.8 Å². The van der Waals surface area contributed by atoms with Crippen molar-refractivity contribution in [1.82, 2.24) is 25.0 Å². The first-order valence-electron chi connectivity index (χ1n) is 8.36. The number of hydrogen-bond donors (Lipinski definition) is 2. The van der Waals surface area contributed by atoms with Crippen molar-refractivity contribution in [3.63, 3.8) is 0 Å². The van der Waals surface area contributed by atoms with Crippen LogP contribution in [0.15, 0.2) is 30.6 Å². The van der Waals surface area contributed by atoms with E-state index in [1.807, 2.05) is 19.1 Å². The van der Waals surface area contributed by atoms with Crippen molar-refractivity contribution < 1.29 is 9.59 Å². The molecule has 2 aromatic rings. The molecule has 0 saturated carbocycles. The van der Waals surface area contributed by atoms with Crippen molar-refractivity contribution >= 4 is 17.8 Å². The van der Waals surface area contributed by atoms with Gasteiger partial charge in [0.1, 0.15) is 5.82 Å². The Labute approximate surface area is 146 Å². The van der Waals surface area contributed by atoms with Gasteiger partial charge >= 0.3 is 6.03 Å². The monoisotopic (exact) mass is 342 g/mol. The summed E-state index contributed by atoms with van der Waals surface area (Å²) in [7, 11) is 1.76. The van der Waals surface area contributed by atoms with E-state index in [1.165, 1.54) is 0 Å². The van der Waals surface area contributed by atoms with Gasteiger partial charge in [0.05, 0.1) is 11.7 Å². The van der Waals surface area contributed by atoms with Crippen LogP contribution in [0.5, 0.6) is 0 Å². The molecule has 2 N–H and O–H groups in total. The molecule has 1 unspecified atom stereocenters. The lowest BCUT2D eigenvalue weighted by Gasteiger charge is -2.16. The van der Waals surface area contributed by atoms with Crippen molar-refractivity contribution in [3.05, 3.63) is 30.6 Å². The summed E-state index contributed by atoms with van der Waals surface area (Å²) in [5.41, 5.74) is 1.61. The Bertz CT molecular complexity index is 758. The van der Waals surface area contributed by atoms with Crippen LogP contribution in [-0.4, -0.2) is 50.7 Å². The molecule has 0 radical (unpaired) electrons. The minimum atomic E-state index is -0.336. The van der Waals surface area contributed by atoms with Crippen LogP contribution in [-0.2, 0) is 11.8 Å². The van der Waals surface area contributed by atoms with Crippen LogP contribution in [0.3, 0.4) is 0 Å². The highest BCUT2D eigenvalue weighted by Crippen LogP contribution is 2.20. The van der Waals surface area contributed by atoms with E-state index in [2.05, 4.69) is 20.7 Å². The first kappa shape index (κ1) is 16.9. The fraction of sp³-hybridized carbons (Fsp3) is 0.412. The Balaban J connectivity index is 1.60. The summed E-state index contributed by atoms with van der Waals surface area (Å²) in [6.07, 6.45) is 4.68. The molecule has 2 aromatic heterocycles. The molecule has 1 aliphatic heterocycles. The van der Waals surface area contributed by atoms with Crippen LogP contribution >= 0.6 is 0 Å². The normalized spacial score (nSPS) is 17.0. The number of amides is 3. The molecule has 8 heteroatoms. The fourth-order valence-corrected chi connectivity index (χ4v) is 2.93. The number of likely N-dealkylation sites (tertiary alicyclic amines) is 1. The lowest BCUT2D eigenvalue weighted by molar-refractivity contribution is -0.127. The minimum absolute atomic E-state index is 0.0894. The van der Waals surface area contributed by atoms with E-state index in [4.69, 9.17) is 0 Å². The van der Waals surface area contributed by atoms with Gasteiger partial charge in [-0.1, -0.05) is 6.92 Å². The molecule has 0 bridgehead atoms. The maximum atomic E-state index is 12.2. The predicted octanol–water partition coefficient (Wildman–Crippen LogP) is 1.61. The second-order valence-corrected chi connectivity index (χ2v) is 6.12. The molecule has 3 rings (SSSR count). The van der Waals surface area contributed by atoms with Gasteiger partial charge in [-0.2, -0.15) is 5.10 Å². The Morgan fingerprint density at radius 1 is 1.44 bits per heavy atom. The van der Waals surface area contributed by atoms with E-state index in [9.17, 15) is 9.59 Å². The van der Waals surface area contributed by atoms with Gasteiger partial charge < -0.3 is 10.2 Å². The number of carbonyl (C=O) groups is 2. The lowest BCUT2D eigenvalue weighted by Crippen LogP contribution is -2.40. The predicted molar refractivity (Wildman–Crippen MR) is 93.9 cm³/mol. The summed E-state index contributed by atoms with van der Waals surface area (Å²) >= 11 is 0. The third kappa shape index (κ3) is 3.96. The molecule has 0 spiro atoms. The first-order chi connectivity index (χ1) is 12.1. The van der Waals surface area contributed by atoms with Crippen LogP contribution in [0, 0.1) is 0 Å². The van der Waals surface area contributed by atoms with E-state index in [0.29, 0.717) is 18.8 Å². The molecule has 132 valence electrons. The molecule has 8 nitrogen and oxygen atoms in total. The van der Waals surface area contributed by atoms with Crippen molar-refractivity contribution in [2.75, 3.05) is 18.4 Å². The average Bonchev–Trinajstić information content (AvgIpc) is 3.12. The summed E-state index contributed by atoms with van der Waals surface area (Å²) in [5.74, 6) is 0.664. The Morgan fingerprint density at radius 2 is 2.28 bits per heavy atom. The largest absolute Gasteiger partial charge is 0.341 e. The zero-order valence-electron chi connectivity index (χ0n) is 14.4. The maximum absolute atomic E-state index is 12.2. The number of nitrogens with zero attached hydrogens (tertiary/aromatic N) is 4.